The molecule has 0 unspecified atom stereocenters. The van der Waals surface area contributed by atoms with E-state index < -0.39 is 11.7 Å². The third-order valence-electron chi connectivity index (χ3n) is 4.06. The van der Waals surface area contributed by atoms with E-state index in [9.17, 15) is 19.1 Å². The van der Waals surface area contributed by atoms with Crippen LogP contribution in [0.2, 0.25) is 0 Å². The van der Waals surface area contributed by atoms with Crippen molar-refractivity contribution in [1.29, 1.82) is 0 Å². The average Bonchev–Trinajstić information content (AvgIpc) is 2.52. The van der Waals surface area contributed by atoms with Crippen molar-refractivity contribution in [2.45, 2.75) is 25.9 Å². The normalized spacial score (nSPS) is 17.1. The molecule has 1 heterocycles. The van der Waals surface area contributed by atoms with Crippen molar-refractivity contribution in [2.75, 3.05) is 19.6 Å². The number of halogens is 1. The molecule has 0 saturated carbocycles. The lowest BCUT2D eigenvalue weighted by molar-refractivity contribution is -0.132. The summed E-state index contributed by atoms with van der Waals surface area (Å²) in [5.74, 6) is -0.884. The van der Waals surface area contributed by atoms with Crippen molar-refractivity contribution < 1.29 is 19.1 Å². The van der Waals surface area contributed by atoms with Crippen LogP contribution in [0.1, 0.15) is 30.1 Å². The van der Waals surface area contributed by atoms with Crippen LogP contribution >= 0.6 is 0 Å². The van der Waals surface area contributed by atoms with Gasteiger partial charge in [0.1, 0.15) is 5.82 Å². The second-order valence-corrected chi connectivity index (χ2v) is 5.65. The van der Waals surface area contributed by atoms with Crippen LogP contribution in [-0.4, -0.2) is 47.6 Å². The molecule has 2 N–H and O–H groups in total. The summed E-state index contributed by atoms with van der Waals surface area (Å²) in [6.07, 6.45) is 1.17. The zero-order valence-electron chi connectivity index (χ0n) is 12.6. The third-order valence-corrected chi connectivity index (χ3v) is 4.06. The largest absolute Gasteiger partial charge is 0.393 e. The van der Waals surface area contributed by atoms with E-state index in [1.807, 2.05) is 0 Å². The van der Waals surface area contributed by atoms with Crippen LogP contribution in [0.3, 0.4) is 0 Å². The number of nitrogens with zero attached hydrogens (tertiary/aromatic N) is 1. The fraction of sp³-hybridized carbons (Fsp3) is 0.500. The van der Waals surface area contributed by atoms with Crippen LogP contribution < -0.4 is 5.32 Å². The van der Waals surface area contributed by atoms with E-state index in [1.54, 1.807) is 11.8 Å². The maximum atomic E-state index is 13.0. The van der Waals surface area contributed by atoms with Gasteiger partial charge in [0.2, 0.25) is 5.91 Å². The van der Waals surface area contributed by atoms with Crippen LogP contribution in [0, 0.1) is 11.7 Å². The molecule has 0 spiro atoms. The summed E-state index contributed by atoms with van der Waals surface area (Å²) in [6, 6.07) is 5.34. The lowest BCUT2D eigenvalue weighted by atomic mass is 9.92. The Bertz CT molecular complexity index is 540. The van der Waals surface area contributed by atoms with Gasteiger partial charge in [0.15, 0.2) is 0 Å². The molecule has 1 fully saturated rings. The molecule has 120 valence electrons. The predicted molar refractivity (Wildman–Crippen MR) is 79.7 cm³/mol. The Morgan fingerprint density at radius 2 is 2.09 bits per heavy atom. The Kier molecular flexibility index (Phi) is 5.49. The molecular weight excluding hydrogens is 287 g/mol. The molecule has 0 bridgehead atoms. The van der Waals surface area contributed by atoms with Gasteiger partial charge in [-0.3, -0.25) is 9.59 Å². The molecule has 0 radical (unpaired) electrons. The Labute approximate surface area is 129 Å². The smallest absolute Gasteiger partial charge is 0.251 e. The molecular formula is C16H21FN2O3. The summed E-state index contributed by atoms with van der Waals surface area (Å²) in [4.78, 5) is 25.6. The zero-order valence-corrected chi connectivity index (χ0v) is 12.6. The van der Waals surface area contributed by atoms with E-state index in [-0.39, 0.29) is 30.0 Å². The minimum atomic E-state index is -0.487. The number of hydrogen-bond donors (Lipinski definition) is 2. The maximum absolute atomic E-state index is 13.0. The van der Waals surface area contributed by atoms with E-state index >= 15 is 0 Å². The molecule has 1 aromatic rings. The van der Waals surface area contributed by atoms with Crippen molar-refractivity contribution >= 4 is 11.8 Å². The number of aliphatic hydroxyl groups is 1. The zero-order chi connectivity index (χ0) is 16.1. The lowest BCUT2D eigenvalue weighted by Gasteiger charge is -2.33. The topological polar surface area (TPSA) is 69.6 Å². The number of hydrogen-bond acceptors (Lipinski definition) is 3. The minimum absolute atomic E-state index is 0.102. The predicted octanol–water partition coefficient (Wildman–Crippen LogP) is 1.17. The Hall–Kier alpha value is -1.95. The Morgan fingerprint density at radius 1 is 1.41 bits per heavy atom. The van der Waals surface area contributed by atoms with Crippen molar-refractivity contribution in [1.82, 2.24) is 10.2 Å². The Balaban J connectivity index is 1.80. The van der Waals surface area contributed by atoms with Gasteiger partial charge in [0.05, 0.1) is 12.6 Å². The number of carbonyl (C=O) groups excluding carboxylic acids is 2. The van der Waals surface area contributed by atoms with Gasteiger partial charge in [-0.25, -0.2) is 4.39 Å². The van der Waals surface area contributed by atoms with Crippen molar-refractivity contribution in [3.8, 4) is 0 Å². The van der Waals surface area contributed by atoms with E-state index in [0.717, 1.165) is 18.9 Å². The molecule has 6 heteroatoms. The lowest BCUT2D eigenvalue weighted by Crippen LogP contribution is -2.45. The molecule has 5 nitrogen and oxygen atoms in total. The van der Waals surface area contributed by atoms with Gasteiger partial charge in [-0.05, 0) is 43.9 Å². The molecule has 22 heavy (non-hydrogen) atoms. The highest BCUT2D eigenvalue weighted by molar-refractivity contribution is 5.96. The summed E-state index contributed by atoms with van der Waals surface area (Å²) in [5.41, 5.74) is 0.195. The van der Waals surface area contributed by atoms with Crippen LogP contribution in [-0.2, 0) is 4.79 Å². The van der Waals surface area contributed by atoms with E-state index in [2.05, 4.69) is 5.32 Å². The highest BCUT2D eigenvalue weighted by atomic mass is 19.1. The van der Waals surface area contributed by atoms with Gasteiger partial charge in [0.25, 0.3) is 5.91 Å². The summed E-state index contributed by atoms with van der Waals surface area (Å²) in [7, 11) is 0. The summed E-state index contributed by atoms with van der Waals surface area (Å²) >= 11 is 0. The quantitative estimate of drug-likeness (QED) is 0.877. The third kappa shape index (κ3) is 4.27. The molecule has 1 aliphatic heterocycles. The van der Waals surface area contributed by atoms with Gasteiger partial charge in [-0.2, -0.15) is 0 Å². The van der Waals surface area contributed by atoms with E-state index in [4.69, 9.17) is 0 Å². The molecule has 0 aliphatic carbocycles. The fourth-order valence-corrected chi connectivity index (χ4v) is 2.63. The molecule has 1 atom stereocenters. The van der Waals surface area contributed by atoms with E-state index in [0.29, 0.717) is 13.1 Å². The number of likely N-dealkylation sites (tertiary alicyclic amines) is 1. The first-order valence-electron chi connectivity index (χ1n) is 7.47. The number of rotatable bonds is 4. The number of amides is 2. The molecule has 1 aromatic carbocycles. The summed E-state index contributed by atoms with van der Waals surface area (Å²) in [5, 5.41) is 12.0. The van der Waals surface area contributed by atoms with E-state index in [1.165, 1.54) is 18.2 Å². The Morgan fingerprint density at radius 3 is 2.68 bits per heavy atom. The number of nitrogens with one attached hydrogen (secondary N) is 1. The molecule has 0 aromatic heterocycles. The highest BCUT2D eigenvalue weighted by Gasteiger charge is 2.25. The number of benzene rings is 1. The van der Waals surface area contributed by atoms with Gasteiger partial charge < -0.3 is 15.3 Å². The van der Waals surface area contributed by atoms with Gasteiger partial charge in [0, 0.05) is 18.7 Å². The standard InChI is InChI=1S/C16H21FN2O3/c1-11(20)12-5-7-19(8-6-12)15(21)10-18-16(22)13-3-2-4-14(17)9-13/h2-4,9,11-12,20H,5-8,10H2,1H3,(H,18,22)/t11-/m1/s1. The van der Waals surface area contributed by atoms with Gasteiger partial charge >= 0.3 is 0 Å². The molecule has 2 amide bonds. The number of carbonyl (C=O) groups is 2. The van der Waals surface area contributed by atoms with Crippen LogP contribution in [0.15, 0.2) is 24.3 Å². The maximum Gasteiger partial charge on any atom is 0.251 e. The first-order chi connectivity index (χ1) is 10.5. The number of aliphatic hydroxyl groups excluding tert-OH is 1. The second-order valence-electron chi connectivity index (χ2n) is 5.65. The molecule has 2 rings (SSSR count). The van der Waals surface area contributed by atoms with Crippen LogP contribution in [0.5, 0.6) is 0 Å². The second kappa shape index (κ2) is 7.35. The molecule has 1 aliphatic rings. The minimum Gasteiger partial charge on any atom is -0.393 e. The summed E-state index contributed by atoms with van der Waals surface area (Å²) < 4.78 is 13.0. The highest BCUT2D eigenvalue weighted by Crippen LogP contribution is 2.20. The van der Waals surface area contributed by atoms with Crippen molar-refractivity contribution in [3.63, 3.8) is 0 Å². The first kappa shape index (κ1) is 16.4. The summed E-state index contributed by atoms with van der Waals surface area (Å²) in [6.45, 7) is 2.84. The molecule has 1 saturated heterocycles. The van der Waals surface area contributed by atoms with Crippen LogP contribution in [0.25, 0.3) is 0 Å². The van der Waals surface area contributed by atoms with Gasteiger partial charge in [-0.1, -0.05) is 6.07 Å². The monoisotopic (exact) mass is 308 g/mol. The number of piperidine rings is 1. The van der Waals surface area contributed by atoms with Gasteiger partial charge in [-0.15, -0.1) is 0 Å². The van der Waals surface area contributed by atoms with Crippen LogP contribution in [0.4, 0.5) is 4.39 Å². The fourth-order valence-electron chi connectivity index (χ4n) is 2.63. The van der Waals surface area contributed by atoms with Crippen molar-refractivity contribution in [2.24, 2.45) is 5.92 Å². The first-order valence-corrected chi connectivity index (χ1v) is 7.47. The average molecular weight is 308 g/mol. The SMILES string of the molecule is C[C@@H](O)C1CCN(C(=O)CNC(=O)c2cccc(F)c2)CC1. The van der Waals surface area contributed by atoms with Crippen molar-refractivity contribution in [3.05, 3.63) is 35.6 Å².